The number of benzene rings is 1. The summed E-state index contributed by atoms with van der Waals surface area (Å²) in [5.74, 6) is 0. The minimum Gasteiger partial charge on any atom is -0.294 e. The molecule has 0 aliphatic carbocycles. The molecule has 1 aromatic carbocycles. The van der Waals surface area contributed by atoms with Crippen LogP contribution in [0.4, 0.5) is 0 Å². The molecule has 6 heteroatoms. The van der Waals surface area contributed by atoms with Crippen LogP contribution in [0.5, 0.6) is 0 Å². The summed E-state index contributed by atoms with van der Waals surface area (Å²) in [4.78, 5) is 2.33. The first-order valence-electron chi connectivity index (χ1n) is 6.93. The van der Waals surface area contributed by atoms with Gasteiger partial charge in [0.2, 0.25) is 0 Å². The van der Waals surface area contributed by atoms with E-state index >= 15 is 0 Å². The average molecular weight is 297 g/mol. The molecule has 1 aliphatic rings. The van der Waals surface area contributed by atoms with Gasteiger partial charge in [0.15, 0.2) is 0 Å². The van der Waals surface area contributed by atoms with Gasteiger partial charge in [-0.05, 0) is 12.1 Å². The molecule has 0 amide bonds. The van der Waals surface area contributed by atoms with Crippen LogP contribution in [0.15, 0.2) is 30.3 Å². The highest BCUT2D eigenvalue weighted by atomic mass is 32.2. The van der Waals surface area contributed by atoms with E-state index in [0.717, 1.165) is 13.1 Å². The zero-order chi connectivity index (χ0) is 14.8. The van der Waals surface area contributed by atoms with Crippen molar-refractivity contribution in [2.24, 2.45) is 0 Å². The third kappa shape index (κ3) is 3.03. The fourth-order valence-corrected chi connectivity index (χ4v) is 3.71. The van der Waals surface area contributed by atoms with E-state index in [2.05, 4.69) is 24.0 Å². The van der Waals surface area contributed by atoms with Crippen molar-refractivity contribution in [1.82, 2.24) is 13.5 Å². The van der Waals surface area contributed by atoms with Crippen molar-refractivity contribution < 1.29 is 8.42 Å². The molecule has 1 unspecified atom stereocenters. The van der Waals surface area contributed by atoms with Crippen molar-refractivity contribution >= 4 is 10.2 Å². The summed E-state index contributed by atoms with van der Waals surface area (Å²) in [6.07, 6.45) is 0. The maximum Gasteiger partial charge on any atom is 0.281 e. The van der Waals surface area contributed by atoms with Crippen LogP contribution in [0.3, 0.4) is 0 Å². The van der Waals surface area contributed by atoms with Crippen molar-refractivity contribution in [2.45, 2.75) is 13.0 Å². The molecule has 0 bridgehead atoms. The molecule has 2 rings (SSSR count). The van der Waals surface area contributed by atoms with Crippen LogP contribution in [-0.4, -0.2) is 62.2 Å². The van der Waals surface area contributed by atoms with E-state index in [4.69, 9.17) is 0 Å². The minimum absolute atomic E-state index is 0.129. The molecule has 0 aromatic heterocycles. The Morgan fingerprint density at radius 3 is 2.40 bits per heavy atom. The number of piperazine rings is 1. The Balaban J connectivity index is 2.25. The van der Waals surface area contributed by atoms with Gasteiger partial charge in [-0.25, -0.2) is 0 Å². The van der Waals surface area contributed by atoms with Crippen LogP contribution in [0, 0.1) is 0 Å². The molecule has 112 valence electrons. The summed E-state index contributed by atoms with van der Waals surface area (Å²) in [5, 5.41) is 0. The highest BCUT2D eigenvalue weighted by Gasteiger charge is 2.34. The monoisotopic (exact) mass is 297 g/mol. The van der Waals surface area contributed by atoms with Crippen LogP contribution in [0.1, 0.15) is 18.5 Å². The van der Waals surface area contributed by atoms with Gasteiger partial charge in [-0.3, -0.25) is 4.90 Å². The lowest BCUT2D eigenvalue weighted by molar-refractivity contribution is 0.121. The van der Waals surface area contributed by atoms with Crippen molar-refractivity contribution in [1.29, 1.82) is 0 Å². The van der Waals surface area contributed by atoms with E-state index in [1.807, 2.05) is 18.2 Å². The number of hydrogen-bond acceptors (Lipinski definition) is 3. The van der Waals surface area contributed by atoms with Gasteiger partial charge in [0, 0.05) is 39.8 Å². The summed E-state index contributed by atoms with van der Waals surface area (Å²) in [6.45, 7) is 4.88. The topological polar surface area (TPSA) is 43.9 Å². The maximum atomic E-state index is 12.3. The fourth-order valence-electron chi connectivity index (χ4n) is 2.61. The van der Waals surface area contributed by atoms with Gasteiger partial charge < -0.3 is 0 Å². The fraction of sp³-hybridized carbons (Fsp3) is 0.571. The molecular formula is C14H23N3O2S. The summed E-state index contributed by atoms with van der Waals surface area (Å²) in [7, 11) is -0.168. The molecule has 5 nitrogen and oxygen atoms in total. The third-order valence-electron chi connectivity index (χ3n) is 3.83. The van der Waals surface area contributed by atoms with Crippen LogP contribution >= 0.6 is 0 Å². The lowest BCUT2D eigenvalue weighted by Crippen LogP contribution is -2.52. The third-order valence-corrected chi connectivity index (χ3v) is 5.74. The molecule has 1 aliphatic heterocycles. The van der Waals surface area contributed by atoms with Gasteiger partial charge in [0.25, 0.3) is 10.2 Å². The van der Waals surface area contributed by atoms with E-state index in [0.29, 0.717) is 13.1 Å². The second-order valence-corrected chi connectivity index (χ2v) is 7.35. The molecule has 0 radical (unpaired) electrons. The van der Waals surface area contributed by atoms with E-state index in [-0.39, 0.29) is 6.04 Å². The summed E-state index contributed by atoms with van der Waals surface area (Å²) < 4.78 is 27.4. The SMILES string of the molecule is CCN1CCN(S(=O)(=O)N(C)C)CC1c1ccccc1. The van der Waals surface area contributed by atoms with Gasteiger partial charge in [-0.1, -0.05) is 37.3 Å². The van der Waals surface area contributed by atoms with Crippen molar-refractivity contribution in [3.63, 3.8) is 0 Å². The van der Waals surface area contributed by atoms with Crippen LogP contribution in [-0.2, 0) is 10.2 Å². The molecule has 0 saturated carbocycles. The smallest absolute Gasteiger partial charge is 0.281 e. The average Bonchev–Trinajstić information content (AvgIpc) is 2.47. The van der Waals surface area contributed by atoms with Crippen molar-refractivity contribution in [2.75, 3.05) is 40.3 Å². The van der Waals surface area contributed by atoms with Gasteiger partial charge in [0.1, 0.15) is 0 Å². The van der Waals surface area contributed by atoms with Gasteiger partial charge >= 0.3 is 0 Å². The standard InChI is InChI=1S/C14H23N3O2S/c1-4-16-10-11-17(20(18,19)15(2)3)12-14(16)13-8-6-5-7-9-13/h5-9,14H,4,10-12H2,1-3H3. The highest BCUT2D eigenvalue weighted by Crippen LogP contribution is 2.26. The van der Waals surface area contributed by atoms with Crippen LogP contribution in [0.2, 0.25) is 0 Å². The normalized spacial score (nSPS) is 22.3. The number of rotatable bonds is 4. The van der Waals surface area contributed by atoms with Gasteiger partial charge in [0.05, 0.1) is 0 Å². The predicted molar refractivity (Wildman–Crippen MR) is 80.6 cm³/mol. The second-order valence-electron chi connectivity index (χ2n) is 5.20. The molecule has 1 heterocycles. The van der Waals surface area contributed by atoms with E-state index in [1.165, 1.54) is 9.87 Å². The Morgan fingerprint density at radius 2 is 1.85 bits per heavy atom. The first kappa shape index (κ1) is 15.4. The Hall–Kier alpha value is -0.950. The lowest BCUT2D eigenvalue weighted by Gasteiger charge is -2.41. The van der Waals surface area contributed by atoms with Crippen LogP contribution < -0.4 is 0 Å². The summed E-state index contributed by atoms with van der Waals surface area (Å²) >= 11 is 0. The molecule has 0 spiro atoms. The van der Waals surface area contributed by atoms with E-state index < -0.39 is 10.2 Å². The Bertz CT molecular complexity index is 531. The quantitative estimate of drug-likeness (QED) is 0.838. The predicted octanol–water partition coefficient (Wildman–Crippen LogP) is 1.17. The van der Waals surface area contributed by atoms with Crippen molar-refractivity contribution in [3.05, 3.63) is 35.9 Å². The Labute approximate surface area is 122 Å². The van der Waals surface area contributed by atoms with Gasteiger partial charge in [-0.15, -0.1) is 0 Å². The van der Waals surface area contributed by atoms with E-state index in [1.54, 1.807) is 18.4 Å². The highest BCUT2D eigenvalue weighted by molar-refractivity contribution is 7.86. The van der Waals surface area contributed by atoms with Crippen molar-refractivity contribution in [3.8, 4) is 0 Å². The molecule has 1 fully saturated rings. The molecule has 1 aromatic rings. The first-order valence-corrected chi connectivity index (χ1v) is 8.33. The van der Waals surface area contributed by atoms with Crippen LogP contribution in [0.25, 0.3) is 0 Å². The minimum atomic E-state index is -3.33. The number of nitrogens with zero attached hydrogens (tertiary/aromatic N) is 3. The lowest BCUT2D eigenvalue weighted by atomic mass is 10.0. The zero-order valence-corrected chi connectivity index (χ0v) is 13.2. The Morgan fingerprint density at radius 1 is 1.20 bits per heavy atom. The molecule has 1 saturated heterocycles. The number of hydrogen-bond donors (Lipinski definition) is 0. The Kier molecular flexibility index (Phi) is 4.80. The molecule has 1 atom stereocenters. The van der Waals surface area contributed by atoms with Gasteiger partial charge in [-0.2, -0.15) is 17.0 Å². The number of likely N-dealkylation sites (N-methyl/N-ethyl adjacent to an activating group) is 1. The maximum absolute atomic E-state index is 12.3. The summed E-state index contributed by atoms with van der Waals surface area (Å²) in [6, 6.07) is 10.3. The first-order chi connectivity index (χ1) is 9.46. The molecule has 0 N–H and O–H groups in total. The summed E-state index contributed by atoms with van der Waals surface area (Å²) in [5.41, 5.74) is 1.17. The molecule has 20 heavy (non-hydrogen) atoms. The zero-order valence-electron chi connectivity index (χ0n) is 12.4. The van der Waals surface area contributed by atoms with E-state index in [9.17, 15) is 8.42 Å². The second kappa shape index (κ2) is 6.22. The largest absolute Gasteiger partial charge is 0.294 e. The molecular weight excluding hydrogens is 274 g/mol.